The molecule has 0 amide bonds. The molecule has 0 fully saturated rings. The maximum Gasteiger partial charge on any atom is 0.126 e. The maximum absolute atomic E-state index is 12.7. The van der Waals surface area contributed by atoms with Crippen molar-refractivity contribution in [2.45, 2.75) is 52.3 Å². The third kappa shape index (κ3) is 6.29. The van der Waals surface area contributed by atoms with E-state index in [0.717, 1.165) is 12.8 Å². The standard InChI is InChI=1S/C9H19FO/c1-7(2)5-4-6-9(10)8(3)11/h7-9,11H,4-6H2,1-3H3. The van der Waals surface area contributed by atoms with Crippen molar-refractivity contribution in [3.8, 4) is 0 Å². The lowest BCUT2D eigenvalue weighted by Gasteiger charge is -2.11. The largest absolute Gasteiger partial charge is 0.390 e. The predicted molar refractivity (Wildman–Crippen MR) is 45.3 cm³/mol. The molecule has 2 unspecified atom stereocenters. The monoisotopic (exact) mass is 162 g/mol. The highest BCUT2D eigenvalue weighted by Gasteiger charge is 2.12. The second-order valence-corrected chi connectivity index (χ2v) is 3.58. The molecule has 1 N–H and O–H groups in total. The van der Waals surface area contributed by atoms with Crippen LogP contribution in [0, 0.1) is 5.92 Å². The molecule has 2 heteroatoms. The molecule has 0 rings (SSSR count). The lowest BCUT2D eigenvalue weighted by molar-refractivity contribution is 0.0854. The Hall–Kier alpha value is -0.110. The first-order valence-electron chi connectivity index (χ1n) is 4.36. The first-order chi connectivity index (χ1) is 5.04. The van der Waals surface area contributed by atoms with E-state index in [1.54, 1.807) is 0 Å². The van der Waals surface area contributed by atoms with Crippen molar-refractivity contribution in [1.29, 1.82) is 0 Å². The fourth-order valence-corrected chi connectivity index (χ4v) is 0.962. The van der Waals surface area contributed by atoms with Gasteiger partial charge in [0.25, 0.3) is 0 Å². The molecule has 0 saturated carbocycles. The van der Waals surface area contributed by atoms with Crippen LogP contribution in [0.3, 0.4) is 0 Å². The highest BCUT2D eigenvalue weighted by Crippen LogP contribution is 2.12. The zero-order valence-corrected chi connectivity index (χ0v) is 7.68. The van der Waals surface area contributed by atoms with E-state index in [2.05, 4.69) is 13.8 Å². The molecule has 1 nitrogen and oxygen atoms in total. The van der Waals surface area contributed by atoms with Gasteiger partial charge in [-0.1, -0.05) is 26.7 Å². The van der Waals surface area contributed by atoms with Gasteiger partial charge in [-0.3, -0.25) is 0 Å². The van der Waals surface area contributed by atoms with Gasteiger partial charge in [-0.2, -0.15) is 0 Å². The Morgan fingerprint density at radius 1 is 1.18 bits per heavy atom. The molecule has 0 aliphatic rings. The van der Waals surface area contributed by atoms with Crippen LogP contribution in [0.1, 0.15) is 40.0 Å². The van der Waals surface area contributed by atoms with Gasteiger partial charge in [-0.15, -0.1) is 0 Å². The van der Waals surface area contributed by atoms with Gasteiger partial charge < -0.3 is 5.11 Å². The van der Waals surface area contributed by atoms with E-state index in [1.165, 1.54) is 6.92 Å². The fraction of sp³-hybridized carbons (Fsp3) is 1.00. The highest BCUT2D eigenvalue weighted by molar-refractivity contribution is 4.62. The topological polar surface area (TPSA) is 20.2 Å². The first-order valence-corrected chi connectivity index (χ1v) is 4.36. The summed E-state index contributed by atoms with van der Waals surface area (Å²) in [6.07, 6.45) is 0.586. The molecule has 0 aromatic heterocycles. The molecule has 0 spiro atoms. The van der Waals surface area contributed by atoms with Crippen LogP contribution in [0.5, 0.6) is 0 Å². The van der Waals surface area contributed by atoms with E-state index in [0.29, 0.717) is 12.3 Å². The van der Waals surface area contributed by atoms with E-state index in [-0.39, 0.29) is 0 Å². The molecule has 0 heterocycles. The third-order valence-electron chi connectivity index (χ3n) is 1.78. The number of hydrogen-bond acceptors (Lipinski definition) is 1. The molecular formula is C9H19FO. The Kier molecular flexibility index (Phi) is 5.47. The molecule has 2 atom stereocenters. The minimum atomic E-state index is -1.03. The molecule has 0 bridgehead atoms. The second-order valence-electron chi connectivity index (χ2n) is 3.58. The molecule has 11 heavy (non-hydrogen) atoms. The summed E-state index contributed by atoms with van der Waals surface area (Å²) >= 11 is 0. The lowest BCUT2D eigenvalue weighted by Crippen LogP contribution is -2.17. The molecule has 0 radical (unpaired) electrons. The van der Waals surface area contributed by atoms with E-state index in [9.17, 15) is 4.39 Å². The Morgan fingerprint density at radius 2 is 1.73 bits per heavy atom. The van der Waals surface area contributed by atoms with Crippen LogP contribution in [-0.2, 0) is 0 Å². The van der Waals surface area contributed by atoms with Crippen molar-refractivity contribution in [1.82, 2.24) is 0 Å². The summed E-state index contributed by atoms with van der Waals surface area (Å²) in [5.74, 6) is 0.635. The van der Waals surface area contributed by atoms with Crippen LogP contribution in [0.25, 0.3) is 0 Å². The van der Waals surface area contributed by atoms with Gasteiger partial charge in [0.15, 0.2) is 0 Å². The highest BCUT2D eigenvalue weighted by atomic mass is 19.1. The van der Waals surface area contributed by atoms with Crippen LogP contribution in [0.2, 0.25) is 0 Å². The number of hydrogen-bond donors (Lipinski definition) is 1. The number of alkyl halides is 1. The van der Waals surface area contributed by atoms with E-state index < -0.39 is 12.3 Å². The van der Waals surface area contributed by atoms with Crippen LogP contribution in [0.4, 0.5) is 4.39 Å². The minimum Gasteiger partial charge on any atom is -0.390 e. The third-order valence-corrected chi connectivity index (χ3v) is 1.78. The predicted octanol–water partition coefficient (Wildman–Crippen LogP) is 2.53. The summed E-state index contributed by atoms with van der Waals surface area (Å²) in [6.45, 7) is 5.74. The number of halogens is 1. The first kappa shape index (κ1) is 10.9. The summed E-state index contributed by atoms with van der Waals surface area (Å²) in [6, 6.07) is 0. The average molecular weight is 162 g/mol. The number of aliphatic hydroxyl groups is 1. The van der Waals surface area contributed by atoms with Gasteiger partial charge in [-0.25, -0.2) is 4.39 Å². The van der Waals surface area contributed by atoms with Crippen LogP contribution >= 0.6 is 0 Å². The summed E-state index contributed by atoms with van der Waals surface area (Å²) in [7, 11) is 0. The fourth-order valence-electron chi connectivity index (χ4n) is 0.962. The molecule has 0 aromatic carbocycles. The van der Waals surface area contributed by atoms with E-state index in [1.807, 2.05) is 0 Å². The van der Waals surface area contributed by atoms with Crippen LogP contribution < -0.4 is 0 Å². The van der Waals surface area contributed by atoms with Gasteiger partial charge in [0.05, 0.1) is 6.10 Å². The maximum atomic E-state index is 12.7. The Labute approximate surface area is 68.6 Å². The summed E-state index contributed by atoms with van der Waals surface area (Å²) in [4.78, 5) is 0. The van der Waals surface area contributed by atoms with Crippen molar-refractivity contribution in [3.05, 3.63) is 0 Å². The van der Waals surface area contributed by atoms with Crippen molar-refractivity contribution in [3.63, 3.8) is 0 Å². The van der Waals surface area contributed by atoms with E-state index in [4.69, 9.17) is 5.11 Å². The summed E-state index contributed by atoms with van der Waals surface area (Å²) in [5.41, 5.74) is 0. The van der Waals surface area contributed by atoms with Gasteiger partial charge in [0, 0.05) is 0 Å². The molecular weight excluding hydrogens is 143 g/mol. The van der Waals surface area contributed by atoms with Crippen LogP contribution in [-0.4, -0.2) is 17.4 Å². The van der Waals surface area contributed by atoms with Gasteiger partial charge >= 0.3 is 0 Å². The molecule has 0 saturated heterocycles. The lowest BCUT2D eigenvalue weighted by atomic mass is 10.0. The SMILES string of the molecule is CC(C)CCCC(F)C(C)O. The van der Waals surface area contributed by atoms with Crippen molar-refractivity contribution >= 4 is 0 Å². The normalized spacial score (nSPS) is 16.9. The van der Waals surface area contributed by atoms with Crippen LogP contribution in [0.15, 0.2) is 0 Å². The van der Waals surface area contributed by atoms with Gasteiger partial charge in [0.1, 0.15) is 6.17 Å². The van der Waals surface area contributed by atoms with Gasteiger partial charge in [-0.05, 0) is 19.3 Å². The Bertz CT molecular complexity index is 91.6. The van der Waals surface area contributed by atoms with Crippen molar-refractivity contribution < 1.29 is 9.50 Å². The van der Waals surface area contributed by atoms with Crippen molar-refractivity contribution in [2.75, 3.05) is 0 Å². The smallest absolute Gasteiger partial charge is 0.126 e. The molecule has 0 aliphatic carbocycles. The second kappa shape index (κ2) is 5.53. The van der Waals surface area contributed by atoms with Crippen molar-refractivity contribution in [2.24, 2.45) is 5.92 Å². The van der Waals surface area contributed by atoms with Gasteiger partial charge in [0.2, 0.25) is 0 Å². The molecule has 68 valence electrons. The number of aliphatic hydroxyl groups excluding tert-OH is 1. The molecule has 0 aliphatic heterocycles. The number of rotatable bonds is 5. The zero-order chi connectivity index (χ0) is 8.85. The Balaban J connectivity index is 3.24. The zero-order valence-electron chi connectivity index (χ0n) is 7.68. The Morgan fingerprint density at radius 3 is 2.09 bits per heavy atom. The molecule has 0 aromatic rings. The van der Waals surface area contributed by atoms with E-state index >= 15 is 0 Å². The average Bonchev–Trinajstić information content (AvgIpc) is 1.86. The summed E-state index contributed by atoms with van der Waals surface area (Å²) in [5, 5.41) is 8.81. The summed E-state index contributed by atoms with van der Waals surface area (Å²) < 4.78 is 12.7. The quantitative estimate of drug-likeness (QED) is 0.658. The minimum absolute atomic E-state index is 0.496.